The molecular weight excluding hydrogens is 474 g/mol. The van der Waals surface area contributed by atoms with Gasteiger partial charge in [-0.2, -0.15) is 0 Å². The second kappa shape index (κ2) is 9.78. The lowest BCUT2D eigenvalue weighted by Gasteiger charge is -2.42. The smallest absolute Gasteiger partial charge is 0.180 e. The topological polar surface area (TPSA) is 55.8 Å². The molecule has 1 heterocycles. The fourth-order valence-corrected chi connectivity index (χ4v) is 6.31. The maximum Gasteiger partial charge on any atom is 0.180 e. The molecule has 3 aliphatic rings. The highest BCUT2D eigenvalue weighted by Gasteiger charge is 2.42. The molecule has 1 aliphatic heterocycles. The van der Waals surface area contributed by atoms with Crippen molar-refractivity contribution in [2.45, 2.75) is 64.9 Å². The molecule has 0 amide bonds. The summed E-state index contributed by atoms with van der Waals surface area (Å²) in [5, 5.41) is 0.406. The van der Waals surface area contributed by atoms with Crippen LogP contribution in [0.2, 0.25) is 5.02 Å². The number of nitrogens with zero attached hydrogens (tertiary/aromatic N) is 1. The Bertz CT molecular complexity index is 1260. The van der Waals surface area contributed by atoms with E-state index in [0.29, 0.717) is 36.0 Å². The Hall–Kier alpha value is -3.05. The number of Topliss-reactive ketones (excluding diaryl/α,β-unsaturated/α-hetero) is 2. The van der Waals surface area contributed by atoms with Gasteiger partial charge < -0.3 is 14.4 Å². The number of ketones is 2. The molecule has 6 heteroatoms. The molecule has 2 aromatic rings. The van der Waals surface area contributed by atoms with E-state index >= 15 is 0 Å². The number of halogens is 1. The molecule has 0 saturated carbocycles. The number of carbonyl (C=O) groups is 2. The van der Waals surface area contributed by atoms with E-state index in [9.17, 15) is 9.59 Å². The molecule has 0 bridgehead atoms. The number of methoxy groups -OCH3 is 1. The number of aryl methyl sites for hydroxylation is 2. The first kappa shape index (κ1) is 24.6. The van der Waals surface area contributed by atoms with Crippen molar-refractivity contribution in [3.05, 3.63) is 80.1 Å². The lowest BCUT2D eigenvalue weighted by molar-refractivity contribution is -0.117. The zero-order valence-electron chi connectivity index (χ0n) is 21.4. The molecule has 0 aromatic heterocycles. The summed E-state index contributed by atoms with van der Waals surface area (Å²) >= 11 is 6.80. The van der Waals surface area contributed by atoms with Gasteiger partial charge in [0.1, 0.15) is 6.61 Å². The van der Waals surface area contributed by atoms with E-state index in [4.69, 9.17) is 21.1 Å². The Labute approximate surface area is 217 Å². The minimum Gasteiger partial charge on any atom is -0.493 e. The Morgan fingerprint density at radius 3 is 2.03 bits per heavy atom. The van der Waals surface area contributed by atoms with Gasteiger partial charge in [-0.3, -0.25) is 9.59 Å². The average Bonchev–Trinajstić information content (AvgIpc) is 2.83. The molecule has 5 nitrogen and oxygen atoms in total. The van der Waals surface area contributed by atoms with Crippen molar-refractivity contribution in [3.63, 3.8) is 0 Å². The highest BCUT2D eigenvalue weighted by molar-refractivity contribution is 6.32. The van der Waals surface area contributed by atoms with E-state index in [2.05, 4.69) is 36.9 Å². The SMILES string of the molecule is COc1cc(C2C3=C(CCCC3=O)N(C)C3=C2C(=O)CCC3)cc(Cl)c1OCc1cc(C)cc(C)c1. The van der Waals surface area contributed by atoms with Crippen LogP contribution in [0.15, 0.2) is 52.9 Å². The third-order valence-corrected chi connectivity index (χ3v) is 7.78. The van der Waals surface area contributed by atoms with Crippen LogP contribution in [0.25, 0.3) is 0 Å². The highest BCUT2D eigenvalue weighted by Crippen LogP contribution is 2.50. The van der Waals surface area contributed by atoms with Crippen molar-refractivity contribution in [2.75, 3.05) is 14.2 Å². The first-order valence-electron chi connectivity index (χ1n) is 12.6. The van der Waals surface area contributed by atoms with Crippen LogP contribution in [0.1, 0.15) is 66.7 Å². The summed E-state index contributed by atoms with van der Waals surface area (Å²) in [6.45, 7) is 4.48. The summed E-state index contributed by atoms with van der Waals surface area (Å²) < 4.78 is 11.9. The Kier molecular flexibility index (Phi) is 6.69. The van der Waals surface area contributed by atoms with E-state index in [0.717, 1.165) is 59.4 Å². The predicted octanol–water partition coefficient (Wildman–Crippen LogP) is 6.59. The van der Waals surface area contributed by atoms with Crippen molar-refractivity contribution in [3.8, 4) is 11.5 Å². The maximum absolute atomic E-state index is 13.3. The van der Waals surface area contributed by atoms with Gasteiger partial charge in [-0.25, -0.2) is 0 Å². The monoisotopic (exact) mass is 505 g/mol. The lowest BCUT2D eigenvalue weighted by Crippen LogP contribution is -2.37. The van der Waals surface area contributed by atoms with E-state index in [1.54, 1.807) is 7.11 Å². The quantitative estimate of drug-likeness (QED) is 0.459. The number of rotatable bonds is 5. The molecule has 0 saturated heterocycles. The summed E-state index contributed by atoms with van der Waals surface area (Å²) in [5.41, 5.74) is 7.74. The minimum atomic E-state index is -0.424. The fraction of sp³-hybridized carbons (Fsp3) is 0.400. The van der Waals surface area contributed by atoms with Gasteiger partial charge in [-0.15, -0.1) is 0 Å². The number of hydrogen-bond donors (Lipinski definition) is 0. The number of hydrogen-bond acceptors (Lipinski definition) is 5. The Morgan fingerprint density at radius 1 is 0.889 bits per heavy atom. The lowest BCUT2D eigenvalue weighted by atomic mass is 9.71. The van der Waals surface area contributed by atoms with Gasteiger partial charge in [0.05, 0.1) is 12.1 Å². The normalized spacial score (nSPS) is 18.4. The molecule has 0 N–H and O–H groups in total. The van der Waals surface area contributed by atoms with Crippen LogP contribution < -0.4 is 9.47 Å². The third kappa shape index (κ3) is 4.34. The van der Waals surface area contributed by atoms with E-state index in [1.165, 1.54) is 11.1 Å². The van der Waals surface area contributed by atoms with Crippen LogP contribution in [-0.4, -0.2) is 30.6 Å². The summed E-state index contributed by atoms with van der Waals surface area (Å²) in [7, 11) is 3.58. The molecule has 0 atom stereocenters. The zero-order chi connectivity index (χ0) is 25.6. The highest BCUT2D eigenvalue weighted by atomic mass is 35.5. The third-order valence-electron chi connectivity index (χ3n) is 7.49. The molecule has 0 fully saturated rings. The number of carbonyl (C=O) groups excluding carboxylic acids is 2. The van der Waals surface area contributed by atoms with Crippen molar-refractivity contribution in [2.24, 2.45) is 0 Å². The van der Waals surface area contributed by atoms with Gasteiger partial charge in [0.15, 0.2) is 23.1 Å². The summed E-state index contributed by atoms with van der Waals surface area (Å²) in [6.07, 6.45) is 4.34. The second-order valence-corrected chi connectivity index (χ2v) is 10.5. The molecule has 0 unspecified atom stereocenters. The van der Waals surface area contributed by atoms with Crippen LogP contribution in [0.4, 0.5) is 0 Å². The van der Waals surface area contributed by atoms with E-state index in [-0.39, 0.29) is 11.6 Å². The Morgan fingerprint density at radius 2 is 1.47 bits per heavy atom. The van der Waals surface area contributed by atoms with Crippen LogP contribution in [0.3, 0.4) is 0 Å². The molecule has 2 aromatic carbocycles. The number of benzene rings is 2. The first-order valence-corrected chi connectivity index (χ1v) is 13.0. The largest absolute Gasteiger partial charge is 0.493 e. The zero-order valence-corrected chi connectivity index (χ0v) is 22.1. The van der Waals surface area contributed by atoms with Crippen molar-refractivity contribution in [1.82, 2.24) is 4.90 Å². The molecule has 0 spiro atoms. The molecule has 188 valence electrons. The van der Waals surface area contributed by atoms with Crippen molar-refractivity contribution in [1.29, 1.82) is 0 Å². The standard InChI is InChI=1S/C30H32ClNO4/c1-17-11-18(2)13-19(12-17)16-36-30-21(31)14-20(15-26(30)35-4)27-28-22(7-5-9-24(28)33)32(3)23-8-6-10-25(34)29(23)27/h11-15,27H,5-10,16H2,1-4H3. The van der Waals surface area contributed by atoms with E-state index in [1.807, 2.05) is 19.2 Å². The summed E-state index contributed by atoms with van der Waals surface area (Å²) in [4.78, 5) is 28.6. The van der Waals surface area contributed by atoms with Crippen LogP contribution in [-0.2, 0) is 16.2 Å². The van der Waals surface area contributed by atoms with E-state index < -0.39 is 5.92 Å². The van der Waals surface area contributed by atoms with Gasteiger partial charge in [0, 0.05) is 48.3 Å². The number of ether oxygens (including phenoxy) is 2. The molecular formula is C30H32ClNO4. The molecule has 36 heavy (non-hydrogen) atoms. The minimum absolute atomic E-state index is 0.114. The van der Waals surface area contributed by atoms with Gasteiger partial charge in [-0.05, 0) is 62.8 Å². The number of allylic oxidation sites excluding steroid dienone is 4. The van der Waals surface area contributed by atoms with Crippen LogP contribution in [0, 0.1) is 13.8 Å². The summed E-state index contributed by atoms with van der Waals surface area (Å²) in [6, 6.07) is 10.0. The fourth-order valence-electron chi connectivity index (χ4n) is 6.04. The summed E-state index contributed by atoms with van der Waals surface area (Å²) in [5.74, 6) is 0.762. The molecule has 2 aliphatic carbocycles. The van der Waals surface area contributed by atoms with Crippen LogP contribution in [0.5, 0.6) is 11.5 Å². The first-order chi connectivity index (χ1) is 17.3. The maximum atomic E-state index is 13.3. The Balaban J connectivity index is 1.57. The van der Waals surface area contributed by atoms with Gasteiger partial charge in [0.2, 0.25) is 0 Å². The van der Waals surface area contributed by atoms with Gasteiger partial charge >= 0.3 is 0 Å². The molecule has 0 radical (unpaired) electrons. The average molecular weight is 506 g/mol. The second-order valence-electron chi connectivity index (χ2n) is 10.1. The van der Waals surface area contributed by atoms with Crippen molar-refractivity contribution >= 4 is 23.2 Å². The molecule has 5 rings (SSSR count). The van der Waals surface area contributed by atoms with Crippen LogP contribution >= 0.6 is 11.6 Å². The predicted molar refractivity (Wildman–Crippen MR) is 141 cm³/mol. The van der Waals surface area contributed by atoms with Gasteiger partial charge in [-0.1, -0.05) is 40.9 Å². The van der Waals surface area contributed by atoms with Gasteiger partial charge in [0.25, 0.3) is 0 Å². The van der Waals surface area contributed by atoms with Crippen molar-refractivity contribution < 1.29 is 19.1 Å².